The van der Waals surface area contributed by atoms with Gasteiger partial charge in [-0.1, -0.05) is 29.8 Å². The standard InChI is InChI=1S/C24H29ClN2O2/c1-26(16-14-18-7-3-4-8-21(18)25)15-6-5-9-23(28)20-10-12-22-19(17-20)11-13-24(29)27(22)2/h3-4,7-8,10,12,17H,5-6,9,11,13-16H2,1-2H3. The van der Waals surface area contributed by atoms with Gasteiger partial charge in [-0.25, -0.2) is 0 Å². The van der Waals surface area contributed by atoms with Crippen molar-refractivity contribution in [3.05, 3.63) is 64.2 Å². The number of aryl methyl sites for hydroxylation is 1. The summed E-state index contributed by atoms with van der Waals surface area (Å²) in [6, 6.07) is 13.7. The topological polar surface area (TPSA) is 40.6 Å². The smallest absolute Gasteiger partial charge is 0.227 e. The van der Waals surface area contributed by atoms with Crippen LogP contribution < -0.4 is 4.90 Å². The number of amides is 1. The van der Waals surface area contributed by atoms with Gasteiger partial charge in [-0.05, 0) is 74.7 Å². The van der Waals surface area contributed by atoms with Gasteiger partial charge in [0.25, 0.3) is 0 Å². The first-order valence-electron chi connectivity index (χ1n) is 10.3. The largest absolute Gasteiger partial charge is 0.315 e. The first kappa shape index (κ1) is 21.5. The van der Waals surface area contributed by atoms with Crippen molar-refractivity contribution < 1.29 is 9.59 Å². The molecule has 4 nitrogen and oxygen atoms in total. The van der Waals surface area contributed by atoms with Gasteiger partial charge < -0.3 is 9.80 Å². The number of Topliss-reactive ketones (excluding diaryl/α,β-unsaturated/α-hetero) is 1. The van der Waals surface area contributed by atoms with Crippen molar-refractivity contribution in [2.24, 2.45) is 0 Å². The maximum atomic E-state index is 12.6. The molecule has 0 atom stereocenters. The van der Waals surface area contributed by atoms with E-state index in [-0.39, 0.29) is 11.7 Å². The van der Waals surface area contributed by atoms with Crippen LogP contribution in [0.25, 0.3) is 0 Å². The molecule has 0 N–H and O–H groups in total. The molecule has 0 aromatic heterocycles. The Balaban J connectivity index is 1.41. The third kappa shape index (κ3) is 5.68. The minimum absolute atomic E-state index is 0.134. The Morgan fingerprint density at radius 3 is 2.69 bits per heavy atom. The molecule has 5 heteroatoms. The van der Waals surface area contributed by atoms with Gasteiger partial charge in [-0.15, -0.1) is 0 Å². The van der Waals surface area contributed by atoms with Crippen molar-refractivity contribution in [1.29, 1.82) is 0 Å². The van der Waals surface area contributed by atoms with E-state index in [1.165, 1.54) is 5.56 Å². The maximum absolute atomic E-state index is 12.6. The molecule has 0 saturated carbocycles. The van der Waals surface area contributed by atoms with Crippen LogP contribution in [-0.2, 0) is 17.6 Å². The zero-order chi connectivity index (χ0) is 20.8. The number of rotatable bonds is 9. The number of benzene rings is 2. The molecular formula is C24H29ClN2O2. The Hall–Kier alpha value is -2.17. The van der Waals surface area contributed by atoms with Gasteiger partial charge in [0.1, 0.15) is 0 Å². The number of halogens is 1. The number of fused-ring (bicyclic) bond motifs is 1. The van der Waals surface area contributed by atoms with Crippen molar-refractivity contribution in [1.82, 2.24) is 4.90 Å². The number of carbonyl (C=O) groups excluding carboxylic acids is 2. The summed E-state index contributed by atoms with van der Waals surface area (Å²) in [5.41, 5.74) is 3.96. The van der Waals surface area contributed by atoms with Gasteiger partial charge in [0.05, 0.1) is 0 Å². The van der Waals surface area contributed by atoms with E-state index < -0.39 is 0 Å². The molecule has 1 aliphatic heterocycles. The van der Waals surface area contributed by atoms with Crippen LogP contribution in [0.4, 0.5) is 5.69 Å². The zero-order valence-corrected chi connectivity index (χ0v) is 18.0. The minimum atomic E-state index is 0.134. The number of nitrogens with zero attached hydrogens (tertiary/aromatic N) is 2. The lowest BCUT2D eigenvalue weighted by molar-refractivity contribution is -0.118. The van der Waals surface area contributed by atoms with Crippen LogP contribution in [0.5, 0.6) is 0 Å². The highest BCUT2D eigenvalue weighted by atomic mass is 35.5. The molecule has 3 rings (SSSR count). The van der Waals surface area contributed by atoms with Crippen LogP contribution in [0.1, 0.15) is 47.2 Å². The van der Waals surface area contributed by atoms with Gasteiger partial charge in [0, 0.05) is 42.7 Å². The van der Waals surface area contributed by atoms with Crippen molar-refractivity contribution in [2.45, 2.75) is 38.5 Å². The summed E-state index contributed by atoms with van der Waals surface area (Å²) in [5.74, 6) is 0.321. The Morgan fingerprint density at radius 2 is 1.90 bits per heavy atom. The van der Waals surface area contributed by atoms with Crippen LogP contribution in [0.2, 0.25) is 5.02 Å². The summed E-state index contributed by atoms with van der Waals surface area (Å²) in [4.78, 5) is 28.3. The van der Waals surface area contributed by atoms with E-state index in [0.717, 1.165) is 60.6 Å². The number of likely N-dealkylation sites (N-methyl/N-ethyl adjacent to an activating group) is 1. The maximum Gasteiger partial charge on any atom is 0.227 e. The van der Waals surface area contributed by atoms with E-state index in [1.54, 1.807) is 11.9 Å². The lowest BCUT2D eigenvalue weighted by Crippen LogP contribution is -2.31. The van der Waals surface area contributed by atoms with Crippen LogP contribution >= 0.6 is 11.6 Å². The summed E-state index contributed by atoms with van der Waals surface area (Å²) in [6.45, 7) is 1.92. The monoisotopic (exact) mass is 412 g/mol. The number of hydrogen-bond acceptors (Lipinski definition) is 3. The molecule has 1 aliphatic rings. The lowest BCUT2D eigenvalue weighted by atomic mass is 9.96. The van der Waals surface area contributed by atoms with Gasteiger partial charge in [0.2, 0.25) is 5.91 Å². The first-order chi connectivity index (χ1) is 14.0. The first-order valence-corrected chi connectivity index (χ1v) is 10.7. The van der Waals surface area contributed by atoms with Crippen molar-refractivity contribution in [3.8, 4) is 0 Å². The van der Waals surface area contributed by atoms with E-state index in [2.05, 4.69) is 18.0 Å². The second-order valence-corrected chi connectivity index (χ2v) is 8.23. The zero-order valence-electron chi connectivity index (χ0n) is 17.3. The second-order valence-electron chi connectivity index (χ2n) is 7.82. The van der Waals surface area contributed by atoms with E-state index in [0.29, 0.717) is 12.8 Å². The predicted molar refractivity (Wildman–Crippen MR) is 119 cm³/mol. The van der Waals surface area contributed by atoms with Crippen LogP contribution in [0, 0.1) is 0 Å². The van der Waals surface area contributed by atoms with E-state index in [4.69, 9.17) is 11.6 Å². The van der Waals surface area contributed by atoms with E-state index in [1.807, 2.05) is 36.4 Å². The normalized spacial score (nSPS) is 13.7. The minimum Gasteiger partial charge on any atom is -0.315 e. The average Bonchev–Trinajstić information content (AvgIpc) is 2.73. The summed E-state index contributed by atoms with van der Waals surface area (Å²) < 4.78 is 0. The molecule has 1 heterocycles. The van der Waals surface area contributed by atoms with Crippen molar-refractivity contribution in [2.75, 3.05) is 32.1 Å². The highest BCUT2D eigenvalue weighted by Gasteiger charge is 2.21. The molecule has 2 aromatic rings. The van der Waals surface area contributed by atoms with Crippen LogP contribution in [-0.4, -0.2) is 43.8 Å². The van der Waals surface area contributed by atoms with Gasteiger partial charge in [-0.2, -0.15) is 0 Å². The van der Waals surface area contributed by atoms with E-state index in [9.17, 15) is 9.59 Å². The second kappa shape index (κ2) is 10.0. The fraction of sp³-hybridized carbons (Fsp3) is 0.417. The van der Waals surface area contributed by atoms with Crippen LogP contribution in [0.3, 0.4) is 0 Å². The molecular weight excluding hydrogens is 384 g/mol. The molecule has 154 valence electrons. The Labute approximate surface area is 178 Å². The highest BCUT2D eigenvalue weighted by Crippen LogP contribution is 2.28. The Kier molecular flexibility index (Phi) is 7.45. The number of hydrogen-bond donors (Lipinski definition) is 0. The number of anilines is 1. The Morgan fingerprint density at radius 1 is 1.10 bits per heavy atom. The van der Waals surface area contributed by atoms with Gasteiger partial charge in [0.15, 0.2) is 5.78 Å². The van der Waals surface area contributed by atoms with Gasteiger partial charge in [-0.3, -0.25) is 9.59 Å². The number of carbonyl (C=O) groups is 2. The van der Waals surface area contributed by atoms with E-state index >= 15 is 0 Å². The predicted octanol–water partition coefficient (Wildman–Crippen LogP) is 4.78. The number of ketones is 1. The fourth-order valence-corrected chi connectivity index (χ4v) is 4.00. The molecule has 29 heavy (non-hydrogen) atoms. The van der Waals surface area contributed by atoms with Gasteiger partial charge >= 0.3 is 0 Å². The van der Waals surface area contributed by atoms with Crippen molar-refractivity contribution >= 4 is 29.0 Å². The fourth-order valence-electron chi connectivity index (χ4n) is 3.77. The average molecular weight is 413 g/mol. The molecule has 0 fully saturated rings. The third-order valence-electron chi connectivity index (χ3n) is 5.66. The molecule has 2 aromatic carbocycles. The number of unbranched alkanes of at least 4 members (excludes halogenated alkanes) is 1. The quantitative estimate of drug-likeness (QED) is 0.439. The molecule has 0 spiro atoms. The molecule has 0 radical (unpaired) electrons. The SMILES string of the molecule is CN(CCCCC(=O)c1ccc2c(c1)CCC(=O)N2C)CCc1ccccc1Cl. The molecule has 0 bridgehead atoms. The molecule has 0 aliphatic carbocycles. The summed E-state index contributed by atoms with van der Waals surface area (Å²) in [5, 5.41) is 0.826. The summed E-state index contributed by atoms with van der Waals surface area (Å²) in [7, 11) is 3.91. The summed E-state index contributed by atoms with van der Waals surface area (Å²) in [6.07, 6.45) is 4.60. The molecule has 1 amide bonds. The third-order valence-corrected chi connectivity index (χ3v) is 6.03. The lowest BCUT2D eigenvalue weighted by Gasteiger charge is -2.26. The van der Waals surface area contributed by atoms with Crippen molar-refractivity contribution in [3.63, 3.8) is 0 Å². The highest BCUT2D eigenvalue weighted by molar-refractivity contribution is 6.31. The summed E-state index contributed by atoms with van der Waals surface area (Å²) >= 11 is 6.21. The molecule has 0 saturated heterocycles. The Bertz CT molecular complexity index is 881. The molecule has 0 unspecified atom stereocenters. The van der Waals surface area contributed by atoms with Crippen LogP contribution in [0.15, 0.2) is 42.5 Å².